The minimum Gasteiger partial charge on any atom is -0.497 e. The molecule has 0 bridgehead atoms. The fraction of sp³-hybridized carbons (Fsp3) is 0.273. The van der Waals surface area contributed by atoms with Gasteiger partial charge in [0.15, 0.2) is 11.7 Å². The molecule has 1 aromatic heterocycles. The number of ether oxygens (including phenoxy) is 2. The van der Waals surface area contributed by atoms with Gasteiger partial charge < -0.3 is 20.1 Å². The molecule has 1 aliphatic heterocycles. The van der Waals surface area contributed by atoms with Crippen molar-refractivity contribution < 1.29 is 27.4 Å². The molecule has 7 nitrogen and oxygen atoms in total. The van der Waals surface area contributed by atoms with Crippen molar-refractivity contribution in [2.75, 3.05) is 24.9 Å². The number of halogens is 4. The number of nitrogens with one attached hydrogen (secondary N) is 2. The van der Waals surface area contributed by atoms with Crippen LogP contribution in [-0.2, 0) is 0 Å². The van der Waals surface area contributed by atoms with E-state index >= 15 is 0 Å². The Labute approximate surface area is 192 Å². The van der Waals surface area contributed by atoms with E-state index in [4.69, 9.17) is 21.1 Å². The van der Waals surface area contributed by atoms with Crippen LogP contribution in [0.15, 0.2) is 48.5 Å². The quantitative estimate of drug-likeness (QED) is 0.506. The molecule has 0 saturated heterocycles. The fourth-order valence-corrected chi connectivity index (χ4v) is 3.81. The average Bonchev–Trinajstić information content (AvgIpc) is 3.22. The Bertz CT molecular complexity index is 1160. The molecule has 2 N–H and O–H groups in total. The van der Waals surface area contributed by atoms with E-state index in [-0.39, 0.29) is 17.9 Å². The summed E-state index contributed by atoms with van der Waals surface area (Å²) in [6.07, 6.45) is -4.84. The number of methoxy groups -OCH3 is 2. The molecular formula is C22H20ClF3N4O3. The maximum Gasteiger partial charge on any atom is 0.410 e. The highest BCUT2D eigenvalue weighted by Crippen LogP contribution is 2.43. The summed E-state index contributed by atoms with van der Waals surface area (Å²) in [5.74, 6) is 0.273. The summed E-state index contributed by atoms with van der Waals surface area (Å²) in [4.78, 5) is 12.8. The van der Waals surface area contributed by atoms with Crippen molar-refractivity contribution >= 4 is 29.0 Å². The van der Waals surface area contributed by atoms with E-state index in [1.54, 1.807) is 42.5 Å². The van der Waals surface area contributed by atoms with Gasteiger partial charge in [0.05, 0.1) is 25.9 Å². The van der Waals surface area contributed by atoms with E-state index in [0.717, 1.165) is 4.68 Å². The number of alkyl halides is 3. The number of hydrogen-bond donors (Lipinski definition) is 2. The van der Waals surface area contributed by atoms with Crippen molar-refractivity contribution in [2.45, 2.75) is 24.7 Å². The third-order valence-corrected chi connectivity index (χ3v) is 5.60. The first-order chi connectivity index (χ1) is 15.7. The monoisotopic (exact) mass is 480 g/mol. The van der Waals surface area contributed by atoms with Crippen LogP contribution in [0.5, 0.6) is 11.5 Å². The van der Waals surface area contributed by atoms with Gasteiger partial charge in [0.25, 0.3) is 5.91 Å². The zero-order valence-corrected chi connectivity index (χ0v) is 18.4. The van der Waals surface area contributed by atoms with Crippen molar-refractivity contribution in [3.63, 3.8) is 0 Å². The second kappa shape index (κ2) is 8.86. The molecule has 33 heavy (non-hydrogen) atoms. The standard InChI is InChI=1S/C22H20ClF3N4O3/c1-32-14-7-8-15(18(9-14)33-2)28-21(31)17-11-20-27-16(12-3-5-13(23)6-4-12)10-19(22(24,25)26)30(20)29-17/h3-9,11,16,19,27H,10H2,1-2H3,(H,28,31). The first-order valence-corrected chi connectivity index (χ1v) is 10.3. The molecule has 1 aliphatic rings. The Morgan fingerprint density at radius 1 is 1.15 bits per heavy atom. The van der Waals surface area contributed by atoms with Gasteiger partial charge in [-0.25, -0.2) is 4.68 Å². The van der Waals surface area contributed by atoms with Gasteiger partial charge >= 0.3 is 6.18 Å². The van der Waals surface area contributed by atoms with Gasteiger partial charge in [0.2, 0.25) is 0 Å². The highest BCUT2D eigenvalue weighted by Gasteiger charge is 2.46. The van der Waals surface area contributed by atoms with Gasteiger partial charge in [-0.05, 0) is 29.8 Å². The third kappa shape index (κ3) is 4.70. The average molecular weight is 481 g/mol. The lowest BCUT2D eigenvalue weighted by atomic mass is 9.97. The number of carbonyl (C=O) groups is 1. The summed E-state index contributed by atoms with van der Waals surface area (Å²) >= 11 is 5.90. The largest absolute Gasteiger partial charge is 0.497 e. The number of rotatable bonds is 5. The Kier molecular flexibility index (Phi) is 6.11. The number of hydrogen-bond acceptors (Lipinski definition) is 5. The van der Waals surface area contributed by atoms with E-state index in [1.165, 1.54) is 20.3 Å². The minimum atomic E-state index is -4.56. The molecule has 0 spiro atoms. The molecule has 4 rings (SSSR count). The van der Waals surface area contributed by atoms with E-state index in [0.29, 0.717) is 27.8 Å². The fourth-order valence-electron chi connectivity index (χ4n) is 3.69. The molecule has 0 radical (unpaired) electrons. The van der Waals surface area contributed by atoms with Gasteiger partial charge in [-0.15, -0.1) is 0 Å². The number of anilines is 2. The molecule has 2 aromatic carbocycles. The van der Waals surface area contributed by atoms with E-state index in [1.807, 2.05) is 0 Å². The van der Waals surface area contributed by atoms with E-state index in [2.05, 4.69) is 15.7 Å². The first-order valence-electron chi connectivity index (χ1n) is 9.91. The lowest BCUT2D eigenvalue weighted by Crippen LogP contribution is -2.35. The summed E-state index contributed by atoms with van der Waals surface area (Å²) in [6, 6.07) is 10.1. The Balaban J connectivity index is 1.63. The minimum absolute atomic E-state index is 0.0929. The molecule has 2 unspecified atom stereocenters. The number of amides is 1. The second-order valence-corrected chi connectivity index (χ2v) is 7.86. The molecule has 2 atom stereocenters. The summed E-state index contributed by atoms with van der Waals surface area (Å²) < 4.78 is 52.8. The molecule has 174 valence electrons. The number of carbonyl (C=O) groups excluding carboxylic acids is 1. The summed E-state index contributed by atoms with van der Waals surface area (Å²) in [7, 11) is 2.92. The SMILES string of the molecule is COc1ccc(NC(=O)c2cc3n(n2)C(C(F)(F)F)CC(c2ccc(Cl)cc2)N3)c(OC)c1. The number of nitrogens with zero attached hydrogens (tertiary/aromatic N) is 2. The lowest BCUT2D eigenvalue weighted by molar-refractivity contribution is -0.173. The molecule has 3 aromatic rings. The van der Waals surface area contributed by atoms with Crippen LogP contribution in [0, 0.1) is 0 Å². The Hall–Kier alpha value is -3.40. The molecule has 0 saturated carbocycles. The van der Waals surface area contributed by atoms with Gasteiger partial charge in [-0.2, -0.15) is 18.3 Å². The van der Waals surface area contributed by atoms with Crippen molar-refractivity contribution in [3.05, 3.63) is 64.8 Å². The van der Waals surface area contributed by atoms with Crippen molar-refractivity contribution in [3.8, 4) is 11.5 Å². The second-order valence-electron chi connectivity index (χ2n) is 7.42. The zero-order valence-electron chi connectivity index (χ0n) is 17.6. The van der Waals surface area contributed by atoms with Gasteiger partial charge in [-0.1, -0.05) is 23.7 Å². The van der Waals surface area contributed by atoms with Crippen LogP contribution in [0.1, 0.15) is 34.6 Å². The predicted molar refractivity (Wildman–Crippen MR) is 117 cm³/mol. The van der Waals surface area contributed by atoms with Crippen molar-refractivity contribution in [1.82, 2.24) is 9.78 Å². The third-order valence-electron chi connectivity index (χ3n) is 5.35. The van der Waals surface area contributed by atoms with Gasteiger partial charge in [-0.3, -0.25) is 4.79 Å². The molecule has 0 fully saturated rings. The highest BCUT2D eigenvalue weighted by atomic mass is 35.5. The normalized spacial score (nSPS) is 17.6. The van der Waals surface area contributed by atoms with Crippen LogP contribution in [0.2, 0.25) is 5.02 Å². The number of benzene rings is 2. The highest BCUT2D eigenvalue weighted by molar-refractivity contribution is 6.30. The number of aromatic nitrogens is 2. The maximum atomic E-state index is 13.9. The first kappa shape index (κ1) is 22.8. The smallest absolute Gasteiger partial charge is 0.410 e. The van der Waals surface area contributed by atoms with E-state index < -0.39 is 24.2 Å². The van der Waals surface area contributed by atoms with Crippen molar-refractivity contribution in [2.24, 2.45) is 0 Å². The molecule has 0 aliphatic carbocycles. The van der Waals surface area contributed by atoms with Crippen LogP contribution in [0.3, 0.4) is 0 Å². The van der Waals surface area contributed by atoms with Crippen LogP contribution in [-0.4, -0.2) is 36.1 Å². The molecule has 2 heterocycles. The number of fused-ring (bicyclic) bond motifs is 1. The predicted octanol–water partition coefficient (Wildman–Crippen LogP) is 5.47. The Morgan fingerprint density at radius 3 is 2.52 bits per heavy atom. The molecule has 1 amide bonds. The zero-order chi connectivity index (χ0) is 23.8. The topological polar surface area (TPSA) is 77.4 Å². The Morgan fingerprint density at radius 2 is 1.88 bits per heavy atom. The summed E-state index contributed by atoms with van der Waals surface area (Å²) in [5, 5.41) is 10.1. The van der Waals surface area contributed by atoms with Gasteiger partial charge in [0, 0.05) is 23.6 Å². The van der Waals surface area contributed by atoms with Gasteiger partial charge in [0.1, 0.15) is 17.3 Å². The van der Waals surface area contributed by atoms with Crippen LogP contribution in [0.25, 0.3) is 0 Å². The van der Waals surface area contributed by atoms with E-state index in [9.17, 15) is 18.0 Å². The molecule has 11 heteroatoms. The summed E-state index contributed by atoms with van der Waals surface area (Å²) in [6.45, 7) is 0. The van der Waals surface area contributed by atoms with Crippen LogP contribution < -0.4 is 20.1 Å². The molecular weight excluding hydrogens is 461 g/mol. The van der Waals surface area contributed by atoms with Crippen molar-refractivity contribution in [1.29, 1.82) is 0 Å². The van der Waals surface area contributed by atoms with Crippen LogP contribution in [0.4, 0.5) is 24.7 Å². The lowest BCUT2D eigenvalue weighted by Gasteiger charge is -2.33. The van der Waals surface area contributed by atoms with Crippen LogP contribution >= 0.6 is 11.6 Å². The summed E-state index contributed by atoms with van der Waals surface area (Å²) in [5.41, 5.74) is 0.810. The maximum absolute atomic E-state index is 13.9.